The molecule has 0 aliphatic carbocycles. The van der Waals surface area contributed by atoms with Crippen LogP contribution in [0.25, 0.3) is 0 Å². The highest BCUT2D eigenvalue weighted by atomic mass is 32.3. The van der Waals surface area contributed by atoms with E-state index in [2.05, 4.69) is 8.37 Å². The van der Waals surface area contributed by atoms with Crippen molar-refractivity contribution in [2.45, 2.75) is 10.8 Å². The molecule has 0 bridgehead atoms. The average molecular weight is 163 g/mol. The minimum absolute atomic E-state index is 2.23. The highest BCUT2D eigenvalue weighted by Gasteiger charge is 2.50. The van der Waals surface area contributed by atoms with E-state index in [1.807, 2.05) is 0 Å². The number of hydrogen-bond donors (Lipinski definition) is 0. The molecule has 11 heavy (non-hydrogen) atoms. The molecule has 0 unspecified atom stereocenters. The van der Waals surface area contributed by atoms with Crippen molar-refractivity contribution >= 4 is 41.8 Å². The molecule has 0 amide bonds. The van der Waals surface area contributed by atoms with Crippen molar-refractivity contribution in [3.63, 3.8) is 0 Å². The Morgan fingerprint density at radius 1 is 0.909 bits per heavy atom. The second-order valence-electron chi connectivity index (χ2n) is 2.16. The third-order valence-electron chi connectivity index (χ3n) is 1.09. The van der Waals surface area contributed by atoms with E-state index in [-0.39, 0.29) is 0 Å². The van der Waals surface area contributed by atoms with Gasteiger partial charge >= 0.3 is 10.4 Å². The molecule has 0 N–H and O–H groups in total. The standard InChI is InChI=1S/C2B4O4S/c3-1(4)2(5,6)10-11(7,8)9-1. The molecule has 0 saturated carbocycles. The lowest BCUT2D eigenvalue weighted by Gasteiger charge is -2.30. The fourth-order valence-corrected chi connectivity index (χ4v) is 1.46. The fourth-order valence-electron chi connectivity index (χ4n) is 0.485. The fraction of sp³-hybridized carbons (Fsp3) is 1.00. The maximum atomic E-state index is 10.5. The van der Waals surface area contributed by atoms with E-state index in [4.69, 9.17) is 31.4 Å². The second kappa shape index (κ2) is 2.08. The van der Waals surface area contributed by atoms with Crippen LogP contribution in [-0.4, -0.2) is 50.6 Å². The minimum atomic E-state index is -4.26. The molecular formula is C2B4O4S. The molecule has 50 valence electrons. The topological polar surface area (TPSA) is 52.6 Å². The summed E-state index contributed by atoms with van der Waals surface area (Å²) in [7, 11) is 15.9. The van der Waals surface area contributed by atoms with Crippen molar-refractivity contribution in [2.24, 2.45) is 0 Å². The number of hydrogen-bond acceptors (Lipinski definition) is 4. The Hall–Kier alpha value is 0.130. The molecule has 8 radical (unpaired) electrons. The predicted molar refractivity (Wildman–Crippen MR) is 39.6 cm³/mol. The van der Waals surface area contributed by atoms with Gasteiger partial charge < -0.3 is 0 Å². The summed E-state index contributed by atoms with van der Waals surface area (Å²) < 4.78 is 29.0. The zero-order valence-corrected chi connectivity index (χ0v) is 6.17. The van der Waals surface area contributed by atoms with Crippen LogP contribution in [0.4, 0.5) is 0 Å². The van der Waals surface area contributed by atoms with Crippen LogP contribution in [0.1, 0.15) is 0 Å². The summed E-state index contributed by atoms with van der Waals surface area (Å²) >= 11 is 0. The molecule has 9 heteroatoms. The summed E-state index contributed by atoms with van der Waals surface area (Å²) in [6.45, 7) is 0. The molecule has 0 aromatic carbocycles. The zero-order valence-electron chi connectivity index (χ0n) is 5.35. The Morgan fingerprint density at radius 2 is 1.18 bits per heavy atom. The van der Waals surface area contributed by atoms with Gasteiger partial charge in [0.25, 0.3) is 0 Å². The van der Waals surface area contributed by atoms with Crippen LogP contribution in [0.3, 0.4) is 0 Å². The van der Waals surface area contributed by atoms with E-state index in [1.165, 1.54) is 0 Å². The van der Waals surface area contributed by atoms with Crippen LogP contribution >= 0.6 is 0 Å². The molecule has 1 fully saturated rings. The van der Waals surface area contributed by atoms with Crippen molar-refractivity contribution in [3.8, 4) is 0 Å². The van der Waals surface area contributed by atoms with Gasteiger partial charge in [-0.3, -0.25) is 8.37 Å². The van der Waals surface area contributed by atoms with Gasteiger partial charge in [0.1, 0.15) is 31.4 Å². The Labute approximate surface area is 70.0 Å². The first-order valence-corrected chi connectivity index (χ1v) is 3.81. The van der Waals surface area contributed by atoms with Crippen LogP contribution < -0.4 is 0 Å². The summed E-state index contributed by atoms with van der Waals surface area (Å²) in [6, 6.07) is 0. The van der Waals surface area contributed by atoms with Gasteiger partial charge in [-0.1, -0.05) is 0 Å². The van der Waals surface area contributed by atoms with Crippen LogP contribution in [0.5, 0.6) is 0 Å². The first-order valence-electron chi connectivity index (χ1n) is 2.48. The third-order valence-corrected chi connectivity index (χ3v) is 2.05. The molecule has 4 nitrogen and oxygen atoms in total. The SMILES string of the molecule is [B]C1([B])OS(=O)(=O)OC1([B])[B]. The normalized spacial score (nSPS) is 31.6. The molecule has 1 saturated heterocycles. The summed E-state index contributed by atoms with van der Waals surface area (Å²) in [4.78, 5) is 0. The van der Waals surface area contributed by atoms with Crippen molar-refractivity contribution in [2.75, 3.05) is 0 Å². The second-order valence-corrected chi connectivity index (χ2v) is 3.31. The quantitative estimate of drug-likeness (QED) is 0.364. The van der Waals surface area contributed by atoms with Crippen molar-refractivity contribution in [1.29, 1.82) is 0 Å². The van der Waals surface area contributed by atoms with Crippen molar-refractivity contribution < 1.29 is 16.8 Å². The van der Waals surface area contributed by atoms with Crippen LogP contribution in [0.2, 0.25) is 0 Å². The lowest BCUT2D eigenvalue weighted by Crippen LogP contribution is -2.54. The van der Waals surface area contributed by atoms with Gasteiger partial charge in [-0.25, -0.2) is 0 Å². The van der Waals surface area contributed by atoms with Crippen molar-refractivity contribution in [1.82, 2.24) is 0 Å². The van der Waals surface area contributed by atoms with E-state index in [0.717, 1.165) is 0 Å². The molecule has 0 spiro atoms. The third kappa shape index (κ3) is 1.50. The summed E-state index contributed by atoms with van der Waals surface area (Å²) in [5, 5.41) is -4.46. The lowest BCUT2D eigenvalue weighted by molar-refractivity contribution is 0.218. The molecular weight excluding hydrogens is 163 g/mol. The molecule has 1 aliphatic rings. The van der Waals surface area contributed by atoms with Crippen LogP contribution in [0, 0.1) is 0 Å². The molecule has 1 aliphatic heterocycles. The molecule has 0 aromatic heterocycles. The van der Waals surface area contributed by atoms with Crippen molar-refractivity contribution in [3.05, 3.63) is 0 Å². The van der Waals surface area contributed by atoms with E-state index in [0.29, 0.717) is 0 Å². The van der Waals surface area contributed by atoms with E-state index < -0.39 is 21.2 Å². The van der Waals surface area contributed by atoms with Gasteiger partial charge in [-0.2, -0.15) is 8.42 Å². The Kier molecular flexibility index (Phi) is 1.75. The van der Waals surface area contributed by atoms with Gasteiger partial charge in [0, 0.05) is 10.8 Å². The molecule has 1 heterocycles. The van der Waals surface area contributed by atoms with Crippen LogP contribution in [0.15, 0.2) is 0 Å². The summed E-state index contributed by atoms with van der Waals surface area (Å²) in [5.41, 5.74) is 0. The largest absolute Gasteiger partial charge is 0.398 e. The Balaban J connectivity index is 3.08. The van der Waals surface area contributed by atoms with E-state index in [1.54, 1.807) is 0 Å². The Bertz CT molecular complexity index is 246. The van der Waals surface area contributed by atoms with Gasteiger partial charge in [0.2, 0.25) is 0 Å². The Morgan fingerprint density at radius 3 is 1.27 bits per heavy atom. The zero-order chi connectivity index (χ0) is 8.91. The number of rotatable bonds is 0. The minimum Gasteiger partial charge on any atom is -0.260 e. The lowest BCUT2D eigenvalue weighted by atomic mass is 9.42. The first kappa shape index (κ1) is 9.22. The van der Waals surface area contributed by atoms with E-state index in [9.17, 15) is 8.42 Å². The first-order chi connectivity index (χ1) is 4.66. The maximum absolute atomic E-state index is 10.5. The van der Waals surface area contributed by atoms with Crippen LogP contribution in [-0.2, 0) is 18.8 Å². The average Bonchev–Trinajstić information content (AvgIpc) is 1.66. The van der Waals surface area contributed by atoms with Gasteiger partial charge in [0.05, 0.1) is 0 Å². The molecule has 0 atom stereocenters. The summed E-state index contributed by atoms with van der Waals surface area (Å²) in [6.07, 6.45) is 0. The highest BCUT2D eigenvalue weighted by molar-refractivity contribution is 7.82. The predicted octanol–water partition coefficient (Wildman–Crippen LogP) is -2.74. The molecule has 1 rings (SSSR count). The van der Waals surface area contributed by atoms with Gasteiger partial charge in [-0.15, -0.1) is 0 Å². The summed E-state index contributed by atoms with van der Waals surface area (Å²) in [5.74, 6) is 0. The monoisotopic (exact) mass is 164 g/mol. The van der Waals surface area contributed by atoms with E-state index >= 15 is 0 Å². The van der Waals surface area contributed by atoms with Gasteiger partial charge in [-0.05, 0) is 0 Å². The highest BCUT2D eigenvalue weighted by Crippen LogP contribution is 2.30. The molecule has 0 aromatic rings. The van der Waals surface area contributed by atoms with Gasteiger partial charge in [0.15, 0.2) is 0 Å². The maximum Gasteiger partial charge on any atom is 0.398 e. The smallest absolute Gasteiger partial charge is 0.260 e.